The fraction of sp³-hybridized carbons (Fsp3) is 0.188. The van der Waals surface area contributed by atoms with Gasteiger partial charge in [0.2, 0.25) is 11.1 Å². The summed E-state index contributed by atoms with van der Waals surface area (Å²) in [4.78, 5) is 12.1. The van der Waals surface area contributed by atoms with Crippen LogP contribution in [-0.4, -0.2) is 31.9 Å². The number of carbonyl (C=O) groups is 1. The van der Waals surface area contributed by atoms with E-state index in [1.54, 1.807) is 16.1 Å². The Labute approximate surface area is 152 Å². The predicted octanol–water partition coefficient (Wildman–Crippen LogP) is 2.94. The van der Waals surface area contributed by atoms with E-state index < -0.39 is 0 Å². The van der Waals surface area contributed by atoms with E-state index in [0.29, 0.717) is 15.7 Å². The topological polar surface area (TPSA) is 96.5 Å². The Hall–Kier alpha value is -2.70. The minimum Gasteiger partial charge on any atom is -0.316 e. The lowest BCUT2D eigenvalue weighted by atomic mass is 10.1. The average molecular weight is 370 g/mol. The van der Waals surface area contributed by atoms with E-state index in [-0.39, 0.29) is 11.7 Å². The molecule has 1 amide bonds. The van der Waals surface area contributed by atoms with Crippen molar-refractivity contribution in [1.82, 2.24) is 20.2 Å². The third kappa shape index (κ3) is 4.04. The second-order valence-electron chi connectivity index (χ2n) is 5.33. The predicted molar refractivity (Wildman–Crippen MR) is 97.0 cm³/mol. The van der Waals surface area contributed by atoms with Crippen LogP contribution in [0, 0.1) is 25.2 Å². The van der Waals surface area contributed by atoms with E-state index in [1.807, 2.05) is 32.0 Å². The van der Waals surface area contributed by atoms with Crippen molar-refractivity contribution < 1.29 is 4.79 Å². The molecule has 1 aromatic carbocycles. The highest BCUT2D eigenvalue weighted by atomic mass is 32.2. The fourth-order valence-electron chi connectivity index (χ4n) is 2.29. The van der Waals surface area contributed by atoms with Crippen molar-refractivity contribution in [3.8, 4) is 11.8 Å². The minimum absolute atomic E-state index is 0.147. The van der Waals surface area contributed by atoms with Crippen LogP contribution in [0.5, 0.6) is 0 Å². The highest BCUT2D eigenvalue weighted by Crippen LogP contribution is 2.24. The van der Waals surface area contributed by atoms with Gasteiger partial charge in [-0.3, -0.25) is 4.79 Å². The molecule has 0 saturated heterocycles. The summed E-state index contributed by atoms with van der Waals surface area (Å²) in [6.45, 7) is 4.02. The van der Waals surface area contributed by atoms with Crippen molar-refractivity contribution in [3.05, 3.63) is 46.3 Å². The van der Waals surface area contributed by atoms with Crippen LogP contribution in [0.1, 0.15) is 16.7 Å². The van der Waals surface area contributed by atoms with Gasteiger partial charge in [0.15, 0.2) is 0 Å². The highest BCUT2D eigenvalue weighted by Gasteiger charge is 2.13. The summed E-state index contributed by atoms with van der Waals surface area (Å²) >= 11 is 2.56. The van der Waals surface area contributed by atoms with E-state index >= 15 is 0 Å². The SMILES string of the molecule is Cc1cc(C)cc(-n2nnnc2SCC(=O)Nc2sccc2C#N)c1. The number of thiophene rings is 1. The highest BCUT2D eigenvalue weighted by molar-refractivity contribution is 7.99. The number of hydrogen-bond donors (Lipinski definition) is 1. The summed E-state index contributed by atoms with van der Waals surface area (Å²) in [5, 5.41) is 26.3. The van der Waals surface area contributed by atoms with Gasteiger partial charge in [0, 0.05) is 0 Å². The van der Waals surface area contributed by atoms with E-state index in [9.17, 15) is 4.79 Å². The molecule has 0 atom stereocenters. The Morgan fingerprint density at radius 1 is 1.36 bits per heavy atom. The van der Waals surface area contributed by atoms with Gasteiger partial charge in [0.1, 0.15) is 11.1 Å². The largest absolute Gasteiger partial charge is 0.316 e. The van der Waals surface area contributed by atoms with E-state index in [1.165, 1.54) is 23.1 Å². The van der Waals surface area contributed by atoms with Gasteiger partial charge in [0.05, 0.1) is 17.0 Å². The monoisotopic (exact) mass is 370 g/mol. The van der Waals surface area contributed by atoms with Gasteiger partial charge in [-0.1, -0.05) is 17.8 Å². The molecule has 1 N–H and O–H groups in total. The van der Waals surface area contributed by atoms with Gasteiger partial charge in [-0.25, -0.2) is 0 Å². The zero-order valence-electron chi connectivity index (χ0n) is 13.6. The second-order valence-corrected chi connectivity index (χ2v) is 7.19. The van der Waals surface area contributed by atoms with Crippen molar-refractivity contribution in [2.24, 2.45) is 0 Å². The molecule has 0 spiro atoms. The first-order chi connectivity index (χ1) is 12.1. The van der Waals surface area contributed by atoms with Crippen molar-refractivity contribution in [2.75, 3.05) is 11.1 Å². The molecule has 25 heavy (non-hydrogen) atoms. The van der Waals surface area contributed by atoms with Crippen LogP contribution in [0.4, 0.5) is 5.00 Å². The molecule has 9 heteroatoms. The van der Waals surface area contributed by atoms with Crippen molar-refractivity contribution in [2.45, 2.75) is 19.0 Å². The molecule has 0 fully saturated rings. The standard InChI is InChI=1S/C16H14N6OS2/c1-10-5-11(2)7-13(6-10)22-16(19-20-21-22)25-9-14(23)18-15-12(8-17)3-4-24-15/h3-7H,9H2,1-2H3,(H,18,23). The van der Waals surface area contributed by atoms with E-state index in [0.717, 1.165) is 16.8 Å². The summed E-state index contributed by atoms with van der Waals surface area (Å²) in [6, 6.07) is 9.76. The number of nitrogens with one attached hydrogen (secondary N) is 1. The van der Waals surface area contributed by atoms with Crippen LogP contribution in [0.25, 0.3) is 5.69 Å². The first-order valence-electron chi connectivity index (χ1n) is 7.34. The fourth-order valence-corrected chi connectivity index (χ4v) is 3.74. The van der Waals surface area contributed by atoms with Crippen LogP contribution < -0.4 is 5.32 Å². The molecule has 0 aliphatic heterocycles. The maximum Gasteiger partial charge on any atom is 0.235 e. The number of aromatic nitrogens is 4. The van der Waals surface area contributed by atoms with Crippen LogP contribution in [0.3, 0.4) is 0 Å². The van der Waals surface area contributed by atoms with Crippen LogP contribution in [-0.2, 0) is 4.79 Å². The number of carbonyl (C=O) groups excluding carboxylic acids is 1. The Balaban J connectivity index is 1.69. The number of rotatable bonds is 5. The average Bonchev–Trinajstić information content (AvgIpc) is 3.20. The van der Waals surface area contributed by atoms with Gasteiger partial charge in [-0.15, -0.1) is 16.4 Å². The number of nitrogens with zero attached hydrogens (tertiary/aromatic N) is 5. The summed E-state index contributed by atoms with van der Waals surface area (Å²) in [7, 11) is 0. The molecule has 2 aromatic heterocycles. The molecule has 3 rings (SSSR count). The second kappa shape index (κ2) is 7.46. The molecule has 0 bridgehead atoms. The van der Waals surface area contributed by atoms with Gasteiger partial charge >= 0.3 is 0 Å². The number of benzene rings is 1. The number of tetrazole rings is 1. The Morgan fingerprint density at radius 3 is 2.84 bits per heavy atom. The number of anilines is 1. The maximum atomic E-state index is 12.1. The molecule has 3 aromatic rings. The molecule has 0 aliphatic carbocycles. The Kier molecular flexibility index (Phi) is 5.11. The van der Waals surface area contributed by atoms with Crippen molar-refractivity contribution >= 4 is 34.0 Å². The zero-order valence-corrected chi connectivity index (χ0v) is 15.2. The minimum atomic E-state index is -0.209. The van der Waals surface area contributed by atoms with Crippen molar-refractivity contribution in [1.29, 1.82) is 5.26 Å². The van der Waals surface area contributed by atoms with Gasteiger partial charge in [-0.2, -0.15) is 9.94 Å². The first kappa shape index (κ1) is 17.1. The normalized spacial score (nSPS) is 10.4. The summed E-state index contributed by atoms with van der Waals surface area (Å²) < 4.78 is 1.61. The molecule has 126 valence electrons. The van der Waals surface area contributed by atoms with Crippen LogP contribution in [0.2, 0.25) is 0 Å². The Morgan fingerprint density at radius 2 is 2.12 bits per heavy atom. The Bertz CT molecular complexity index is 935. The summed E-state index contributed by atoms with van der Waals surface area (Å²) in [5.74, 6) is -0.0626. The third-order valence-corrected chi connectivity index (χ3v) is 5.01. The number of thioether (sulfide) groups is 1. The number of amides is 1. The molecular formula is C16H14N6OS2. The summed E-state index contributed by atoms with van der Waals surface area (Å²) in [6.07, 6.45) is 0. The molecule has 0 unspecified atom stereocenters. The lowest BCUT2D eigenvalue weighted by Gasteiger charge is -2.07. The van der Waals surface area contributed by atoms with Gasteiger partial charge < -0.3 is 5.32 Å². The molecule has 0 saturated carbocycles. The lowest BCUT2D eigenvalue weighted by Crippen LogP contribution is -2.14. The zero-order chi connectivity index (χ0) is 17.8. The maximum absolute atomic E-state index is 12.1. The lowest BCUT2D eigenvalue weighted by molar-refractivity contribution is -0.113. The molecule has 0 aliphatic rings. The first-order valence-corrected chi connectivity index (χ1v) is 9.20. The molecule has 2 heterocycles. The van der Waals surface area contributed by atoms with Gasteiger partial charge in [0.25, 0.3) is 0 Å². The summed E-state index contributed by atoms with van der Waals surface area (Å²) in [5.41, 5.74) is 3.54. The van der Waals surface area contributed by atoms with Crippen molar-refractivity contribution in [3.63, 3.8) is 0 Å². The quantitative estimate of drug-likeness (QED) is 0.694. The molecule has 7 nitrogen and oxygen atoms in total. The molecule has 0 radical (unpaired) electrons. The van der Waals surface area contributed by atoms with E-state index in [2.05, 4.69) is 26.9 Å². The van der Waals surface area contributed by atoms with E-state index in [4.69, 9.17) is 5.26 Å². The third-order valence-electron chi connectivity index (χ3n) is 3.26. The van der Waals surface area contributed by atoms with Crippen LogP contribution >= 0.6 is 23.1 Å². The number of hydrogen-bond acceptors (Lipinski definition) is 7. The van der Waals surface area contributed by atoms with Crippen LogP contribution in [0.15, 0.2) is 34.8 Å². The number of aryl methyl sites for hydroxylation is 2. The number of nitriles is 1. The smallest absolute Gasteiger partial charge is 0.235 e. The molecular weight excluding hydrogens is 356 g/mol. The van der Waals surface area contributed by atoms with Gasteiger partial charge in [-0.05, 0) is 59.0 Å².